The third-order valence-electron chi connectivity index (χ3n) is 3.54. The van der Waals surface area contributed by atoms with Crippen molar-refractivity contribution in [3.8, 4) is 11.5 Å². The molecular weight excluding hydrogens is 274 g/mol. The molecule has 0 unspecified atom stereocenters. The van der Waals surface area contributed by atoms with Gasteiger partial charge < -0.3 is 19.5 Å². The SMILES string of the molecule is COc1ccccc1OCC(=O)N1CCC[C@H](C(=O)O)C1. The number of benzene rings is 1. The number of carboxylic acid groups (broad SMARTS) is 1. The summed E-state index contributed by atoms with van der Waals surface area (Å²) in [6.07, 6.45) is 1.32. The van der Waals surface area contributed by atoms with Gasteiger partial charge in [0, 0.05) is 13.1 Å². The van der Waals surface area contributed by atoms with E-state index in [1.807, 2.05) is 6.07 Å². The quantitative estimate of drug-likeness (QED) is 0.888. The molecule has 0 radical (unpaired) electrons. The molecule has 1 N–H and O–H groups in total. The van der Waals surface area contributed by atoms with Crippen LogP contribution in [0.1, 0.15) is 12.8 Å². The minimum Gasteiger partial charge on any atom is -0.493 e. The maximum Gasteiger partial charge on any atom is 0.308 e. The Kier molecular flexibility index (Phi) is 5.03. The highest BCUT2D eigenvalue weighted by molar-refractivity contribution is 5.79. The van der Waals surface area contributed by atoms with E-state index in [0.717, 1.165) is 0 Å². The lowest BCUT2D eigenvalue weighted by Crippen LogP contribution is -2.44. The number of aliphatic carboxylic acids is 1. The predicted molar refractivity (Wildman–Crippen MR) is 75.4 cm³/mol. The fourth-order valence-electron chi connectivity index (χ4n) is 2.37. The van der Waals surface area contributed by atoms with E-state index in [4.69, 9.17) is 14.6 Å². The van der Waals surface area contributed by atoms with Crippen molar-refractivity contribution in [2.45, 2.75) is 12.8 Å². The Morgan fingerprint density at radius 1 is 1.33 bits per heavy atom. The van der Waals surface area contributed by atoms with Crippen LogP contribution >= 0.6 is 0 Å². The van der Waals surface area contributed by atoms with Crippen molar-refractivity contribution in [3.63, 3.8) is 0 Å². The molecule has 1 aromatic carbocycles. The van der Waals surface area contributed by atoms with Crippen molar-refractivity contribution in [2.75, 3.05) is 26.8 Å². The first-order valence-electron chi connectivity index (χ1n) is 6.88. The molecular formula is C15H19NO5. The summed E-state index contributed by atoms with van der Waals surface area (Å²) in [7, 11) is 1.53. The molecule has 1 aliphatic rings. The number of piperidine rings is 1. The number of carboxylic acids is 1. The van der Waals surface area contributed by atoms with Crippen LogP contribution in [0, 0.1) is 5.92 Å². The summed E-state index contributed by atoms with van der Waals surface area (Å²) in [5.74, 6) is -0.466. The van der Waals surface area contributed by atoms with E-state index in [1.165, 1.54) is 7.11 Å². The molecule has 2 rings (SSSR count). The van der Waals surface area contributed by atoms with E-state index in [-0.39, 0.29) is 19.1 Å². The summed E-state index contributed by atoms with van der Waals surface area (Å²) in [6, 6.07) is 7.09. The molecule has 1 aromatic rings. The fourth-order valence-corrected chi connectivity index (χ4v) is 2.37. The van der Waals surface area contributed by atoms with Gasteiger partial charge in [0.15, 0.2) is 18.1 Å². The van der Waals surface area contributed by atoms with Gasteiger partial charge in [-0.3, -0.25) is 9.59 Å². The molecule has 1 aliphatic heterocycles. The van der Waals surface area contributed by atoms with Gasteiger partial charge >= 0.3 is 5.97 Å². The minimum atomic E-state index is -0.849. The zero-order valence-electron chi connectivity index (χ0n) is 11.9. The summed E-state index contributed by atoms with van der Waals surface area (Å²) in [5.41, 5.74) is 0. The molecule has 0 bridgehead atoms. The molecule has 0 saturated carbocycles. The number of carbonyl (C=O) groups excluding carboxylic acids is 1. The highest BCUT2D eigenvalue weighted by Gasteiger charge is 2.28. The average molecular weight is 293 g/mol. The van der Waals surface area contributed by atoms with Crippen molar-refractivity contribution in [3.05, 3.63) is 24.3 Å². The molecule has 0 aliphatic carbocycles. The second-order valence-electron chi connectivity index (χ2n) is 4.96. The van der Waals surface area contributed by atoms with E-state index >= 15 is 0 Å². The van der Waals surface area contributed by atoms with Crippen LogP contribution in [0.25, 0.3) is 0 Å². The zero-order valence-corrected chi connectivity index (χ0v) is 11.9. The maximum absolute atomic E-state index is 12.1. The highest BCUT2D eigenvalue weighted by Crippen LogP contribution is 2.26. The van der Waals surface area contributed by atoms with Gasteiger partial charge in [0.1, 0.15) is 0 Å². The Morgan fingerprint density at radius 2 is 2.05 bits per heavy atom. The van der Waals surface area contributed by atoms with Crippen LogP contribution in [0.4, 0.5) is 0 Å². The lowest BCUT2D eigenvalue weighted by atomic mass is 9.98. The maximum atomic E-state index is 12.1. The molecule has 1 fully saturated rings. The van der Waals surface area contributed by atoms with Crippen LogP contribution in [0.3, 0.4) is 0 Å². The zero-order chi connectivity index (χ0) is 15.2. The van der Waals surface area contributed by atoms with Crippen molar-refractivity contribution in [2.24, 2.45) is 5.92 Å². The van der Waals surface area contributed by atoms with Gasteiger partial charge in [-0.05, 0) is 25.0 Å². The molecule has 0 spiro atoms. The number of hydrogen-bond acceptors (Lipinski definition) is 4. The summed E-state index contributed by atoms with van der Waals surface area (Å²) in [4.78, 5) is 24.7. The summed E-state index contributed by atoms with van der Waals surface area (Å²) in [6.45, 7) is 0.716. The molecule has 1 heterocycles. The van der Waals surface area contributed by atoms with Gasteiger partial charge in [-0.1, -0.05) is 12.1 Å². The molecule has 21 heavy (non-hydrogen) atoms. The Balaban J connectivity index is 1.91. The summed E-state index contributed by atoms with van der Waals surface area (Å²) >= 11 is 0. The monoisotopic (exact) mass is 293 g/mol. The van der Waals surface area contributed by atoms with Gasteiger partial charge in [0.05, 0.1) is 13.0 Å². The second kappa shape index (κ2) is 6.97. The molecule has 0 aromatic heterocycles. The molecule has 1 saturated heterocycles. The summed E-state index contributed by atoms with van der Waals surface area (Å²) in [5, 5.41) is 9.03. The largest absolute Gasteiger partial charge is 0.493 e. The third-order valence-corrected chi connectivity index (χ3v) is 3.54. The van der Waals surface area contributed by atoms with Crippen LogP contribution in [0.5, 0.6) is 11.5 Å². The van der Waals surface area contributed by atoms with Crippen molar-refractivity contribution < 1.29 is 24.2 Å². The number of carbonyl (C=O) groups is 2. The van der Waals surface area contributed by atoms with Crippen molar-refractivity contribution in [1.82, 2.24) is 4.90 Å². The number of ether oxygens (including phenoxy) is 2. The minimum absolute atomic E-state index is 0.118. The van der Waals surface area contributed by atoms with Gasteiger partial charge in [-0.15, -0.1) is 0 Å². The number of methoxy groups -OCH3 is 1. The fraction of sp³-hybridized carbons (Fsp3) is 0.467. The van der Waals surface area contributed by atoms with Gasteiger partial charge in [0.25, 0.3) is 5.91 Å². The Morgan fingerprint density at radius 3 is 2.71 bits per heavy atom. The van der Waals surface area contributed by atoms with E-state index in [9.17, 15) is 9.59 Å². The van der Waals surface area contributed by atoms with Crippen LogP contribution < -0.4 is 9.47 Å². The van der Waals surface area contributed by atoms with E-state index < -0.39 is 11.9 Å². The number of hydrogen-bond donors (Lipinski definition) is 1. The number of nitrogens with zero attached hydrogens (tertiary/aromatic N) is 1. The van der Waals surface area contributed by atoms with Gasteiger partial charge in [0.2, 0.25) is 0 Å². The van der Waals surface area contributed by atoms with Crippen LogP contribution in [0.15, 0.2) is 24.3 Å². The lowest BCUT2D eigenvalue weighted by molar-refractivity contribution is -0.146. The van der Waals surface area contributed by atoms with Crippen LogP contribution in [-0.2, 0) is 9.59 Å². The normalized spacial score (nSPS) is 18.1. The number of likely N-dealkylation sites (tertiary alicyclic amines) is 1. The number of amides is 1. The van der Waals surface area contributed by atoms with Gasteiger partial charge in [-0.25, -0.2) is 0 Å². The van der Waals surface area contributed by atoms with Crippen LogP contribution in [-0.4, -0.2) is 48.7 Å². The van der Waals surface area contributed by atoms with E-state index in [1.54, 1.807) is 23.1 Å². The highest BCUT2D eigenvalue weighted by atomic mass is 16.5. The molecule has 6 heteroatoms. The first-order valence-corrected chi connectivity index (χ1v) is 6.88. The topological polar surface area (TPSA) is 76.1 Å². The lowest BCUT2D eigenvalue weighted by Gasteiger charge is -2.30. The van der Waals surface area contributed by atoms with Gasteiger partial charge in [-0.2, -0.15) is 0 Å². The molecule has 1 atom stereocenters. The Labute approximate surface area is 123 Å². The Bertz CT molecular complexity index is 517. The van der Waals surface area contributed by atoms with Crippen LogP contribution in [0.2, 0.25) is 0 Å². The third kappa shape index (κ3) is 3.87. The van der Waals surface area contributed by atoms with E-state index in [2.05, 4.69) is 0 Å². The Hall–Kier alpha value is -2.24. The van der Waals surface area contributed by atoms with E-state index in [0.29, 0.717) is 30.9 Å². The second-order valence-corrected chi connectivity index (χ2v) is 4.96. The number of para-hydroxylation sites is 2. The number of rotatable bonds is 5. The standard InChI is InChI=1S/C15H19NO5/c1-20-12-6-2-3-7-13(12)21-10-14(17)16-8-4-5-11(9-16)15(18)19/h2-3,6-7,11H,4-5,8-10H2,1H3,(H,18,19)/t11-/m0/s1. The molecule has 1 amide bonds. The first kappa shape index (κ1) is 15.2. The van der Waals surface area contributed by atoms with Crippen molar-refractivity contribution >= 4 is 11.9 Å². The average Bonchev–Trinajstić information content (AvgIpc) is 2.52. The smallest absolute Gasteiger partial charge is 0.308 e. The first-order chi connectivity index (χ1) is 10.1. The predicted octanol–water partition coefficient (Wildman–Crippen LogP) is 1.40. The molecule has 114 valence electrons. The molecule has 6 nitrogen and oxygen atoms in total. The van der Waals surface area contributed by atoms with Crippen molar-refractivity contribution in [1.29, 1.82) is 0 Å². The summed E-state index contributed by atoms with van der Waals surface area (Å²) < 4.78 is 10.6.